The van der Waals surface area contributed by atoms with Crippen molar-refractivity contribution in [2.45, 2.75) is 46.7 Å². The number of carbonyl (C=O) groups is 1. The number of carbonyl (C=O) groups excluding carboxylic acids is 1. The molecule has 0 aliphatic rings. The Balaban J connectivity index is 3.33. The highest BCUT2D eigenvalue weighted by atomic mass is 16.5. The average Bonchev–Trinajstić information content (AvgIpc) is 2.37. The van der Waals surface area contributed by atoms with Crippen LogP contribution in [-0.2, 0) is 0 Å². The maximum atomic E-state index is 12.8. The Labute approximate surface area is 121 Å². The fourth-order valence-electron chi connectivity index (χ4n) is 2.42. The molecular weight excluding hydrogens is 254 g/mol. The predicted molar refractivity (Wildman–Crippen MR) is 80.7 cm³/mol. The molecular formula is C16H25NO3. The van der Waals surface area contributed by atoms with Gasteiger partial charge < -0.3 is 14.4 Å². The molecule has 112 valence electrons. The Morgan fingerprint density at radius 3 is 2.00 bits per heavy atom. The molecule has 4 heteroatoms. The van der Waals surface area contributed by atoms with E-state index in [1.807, 2.05) is 39.5 Å². The van der Waals surface area contributed by atoms with E-state index in [0.29, 0.717) is 17.1 Å². The standard InChI is InChI=1S/C16H25NO3/c1-10(2)17(11(3)4)16(18)14-8-13(19-6)9-15(20-7)12(14)5/h8-11H,1-7H3. The lowest BCUT2D eigenvalue weighted by atomic mass is 10.0. The van der Waals surface area contributed by atoms with Gasteiger partial charge in [0.1, 0.15) is 11.5 Å². The molecule has 0 heterocycles. The molecule has 0 aromatic heterocycles. The first-order valence-electron chi connectivity index (χ1n) is 6.88. The van der Waals surface area contributed by atoms with Gasteiger partial charge in [0, 0.05) is 29.3 Å². The van der Waals surface area contributed by atoms with Gasteiger partial charge in [0.05, 0.1) is 14.2 Å². The molecule has 1 aromatic rings. The third-order valence-electron chi connectivity index (χ3n) is 3.37. The number of rotatable bonds is 5. The van der Waals surface area contributed by atoms with Crippen molar-refractivity contribution in [3.8, 4) is 11.5 Å². The number of nitrogens with zero attached hydrogens (tertiary/aromatic N) is 1. The topological polar surface area (TPSA) is 38.8 Å². The SMILES string of the molecule is COc1cc(OC)c(C)c(C(=O)N(C(C)C)C(C)C)c1. The minimum atomic E-state index is 0.00435. The van der Waals surface area contributed by atoms with Crippen LogP contribution in [-0.4, -0.2) is 37.1 Å². The molecule has 0 spiro atoms. The molecule has 0 aliphatic heterocycles. The first-order valence-corrected chi connectivity index (χ1v) is 6.88. The van der Waals surface area contributed by atoms with Gasteiger partial charge in [0.15, 0.2) is 0 Å². The van der Waals surface area contributed by atoms with Gasteiger partial charge in [0.25, 0.3) is 5.91 Å². The molecule has 0 saturated heterocycles. The van der Waals surface area contributed by atoms with Gasteiger partial charge in [-0.1, -0.05) is 0 Å². The van der Waals surface area contributed by atoms with Gasteiger partial charge in [-0.05, 0) is 40.7 Å². The number of benzene rings is 1. The normalized spacial score (nSPS) is 10.8. The van der Waals surface area contributed by atoms with E-state index >= 15 is 0 Å². The van der Waals surface area contributed by atoms with Crippen molar-refractivity contribution in [1.29, 1.82) is 0 Å². The minimum absolute atomic E-state index is 0.00435. The maximum absolute atomic E-state index is 12.8. The van der Waals surface area contributed by atoms with E-state index in [4.69, 9.17) is 9.47 Å². The zero-order valence-electron chi connectivity index (χ0n) is 13.5. The second-order valence-corrected chi connectivity index (χ2v) is 5.40. The molecule has 20 heavy (non-hydrogen) atoms. The molecule has 0 saturated carbocycles. The van der Waals surface area contributed by atoms with Crippen LogP contribution >= 0.6 is 0 Å². The first kappa shape index (κ1) is 16.3. The second kappa shape index (κ2) is 6.64. The van der Waals surface area contributed by atoms with E-state index in [1.165, 1.54) is 0 Å². The van der Waals surface area contributed by atoms with Crippen LogP contribution in [0.2, 0.25) is 0 Å². The lowest BCUT2D eigenvalue weighted by Gasteiger charge is -2.31. The average molecular weight is 279 g/mol. The van der Waals surface area contributed by atoms with Crippen molar-refractivity contribution < 1.29 is 14.3 Å². The second-order valence-electron chi connectivity index (χ2n) is 5.40. The fraction of sp³-hybridized carbons (Fsp3) is 0.562. The summed E-state index contributed by atoms with van der Waals surface area (Å²) in [5, 5.41) is 0. The van der Waals surface area contributed by atoms with Crippen LogP contribution in [0.4, 0.5) is 0 Å². The number of methoxy groups -OCH3 is 2. The molecule has 0 atom stereocenters. The van der Waals surface area contributed by atoms with Gasteiger partial charge in [-0.25, -0.2) is 0 Å². The predicted octanol–water partition coefficient (Wildman–Crippen LogP) is 3.27. The first-order chi connectivity index (χ1) is 9.33. The molecule has 0 bridgehead atoms. The lowest BCUT2D eigenvalue weighted by molar-refractivity contribution is 0.0642. The highest BCUT2D eigenvalue weighted by Gasteiger charge is 2.24. The largest absolute Gasteiger partial charge is 0.497 e. The third-order valence-corrected chi connectivity index (χ3v) is 3.37. The van der Waals surface area contributed by atoms with Crippen LogP contribution < -0.4 is 9.47 Å². The monoisotopic (exact) mass is 279 g/mol. The molecule has 4 nitrogen and oxygen atoms in total. The number of amides is 1. The Hall–Kier alpha value is -1.71. The van der Waals surface area contributed by atoms with Gasteiger partial charge in [-0.15, -0.1) is 0 Å². The molecule has 0 fully saturated rings. The van der Waals surface area contributed by atoms with E-state index < -0.39 is 0 Å². The molecule has 0 aliphatic carbocycles. The zero-order chi connectivity index (χ0) is 15.4. The summed E-state index contributed by atoms with van der Waals surface area (Å²) < 4.78 is 10.6. The van der Waals surface area contributed by atoms with Crippen molar-refractivity contribution >= 4 is 5.91 Å². The van der Waals surface area contributed by atoms with Gasteiger partial charge >= 0.3 is 0 Å². The lowest BCUT2D eigenvalue weighted by Crippen LogP contribution is -2.42. The molecule has 1 amide bonds. The van der Waals surface area contributed by atoms with Gasteiger partial charge in [-0.2, -0.15) is 0 Å². The quantitative estimate of drug-likeness (QED) is 0.830. The van der Waals surface area contributed by atoms with E-state index in [-0.39, 0.29) is 18.0 Å². The van der Waals surface area contributed by atoms with Crippen LogP contribution in [0.3, 0.4) is 0 Å². The minimum Gasteiger partial charge on any atom is -0.497 e. The molecule has 0 radical (unpaired) electrons. The highest BCUT2D eigenvalue weighted by Crippen LogP contribution is 2.29. The summed E-state index contributed by atoms with van der Waals surface area (Å²) >= 11 is 0. The van der Waals surface area contributed by atoms with E-state index in [1.54, 1.807) is 26.4 Å². The summed E-state index contributed by atoms with van der Waals surface area (Å²) in [5.74, 6) is 1.30. The van der Waals surface area contributed by atoms with Crippen LogP contribution in [0.25, 0.3) is 0 Å². The number of ether oxygens (including phenoxy) is 2. The summed E-state index contributed by atoms with van der Waals surface area (Å²) in [4.78, 5) is 14.7. The molecule has 1 aromatic carbocycles. The Morgan fingerprint density at radius 1 is 1.05 bits per heavy atom. The summed E-state index contributed by atoms with van der Waals surface area (Å²) in [5.41, 5.74) is 1.47. The smallest absolute Gasteiger partial charge is 0.254 e. The van der Waals surface area contributed by atoms with E-state index in [2.05, 4.69) is 0 Å². The summed E-state index contributed by atoms with van der Waals surface area (Å²) in [6, 6.07) is 3.84. The van der Waals surface area contributed by atoms with Crippen molar-refractivity contribution in [2.24, 2.45) is 0 Å². The van der Waals surface area contributed by atoms with Crippen molar-refractivity contribution in [2.75, 3.05) is 14.2 Å². The summed E-state index contributed by atoms with van der Waals surface area (Å²) in [6.45, 7) is 9.97. The van der Waals surface area contributed by atoms with E-state index in [0.717, 1.165) is 5.56 Å². The molecule has 0 unspecified atom stereocenters. The van der Waals surface area contributed by atoms with Crippen LogP contribution in [0.15, 0.2) is 12.1 Å². The van der Waals surface area contributed by atoms with Gasteiger partial charge in [0.2, 0.25) is 0 Å². The van der Waals surface area contributed by atoms with Crippen LogP contribution in [0.1, 0.15) is 43.6 Å². The number of hydrogen-bond acceptors (Lipinski definition) is 3. The summed E-state index contributed by atoms with van der Waals surface area (Å²) in [6.07, 6.45) is 0. The maximum Gasteiger partial charge on any atom is 0.254 e. The fourth-order valence-corrected chi connectivity index (χ4v) is 2.42. The van der Waals surface area contributed by atoms with Gasteiger partial charge in [-0.3, -0.25) is 4.79 Å². The zero-order valence-corrected chi connectivity index (χ0v) is 13.5. The number of hydrogen-bond donors (Lipinski definition) is 0. The Morgan fingerprint density at radius 2 is 1.60 bits per heavy atom. The van der Waals surface area contributed by atoms with E-state index in [9.17, 15) is 4.79 Å². The van der Waals surface area contributed by atoms with Crippen molar-refractivity contribution in [1.82, 2.24) is 4.90 Å². The summed E-state index contributed by atoms with van der Waals surface area (Å²) in [7, 11) is 3.18. The Kier molecular flexibility index (Phi) is 5.43. The van der Waals surface area contributed by atoms with Crippen LogP contribution in [0, 0.1) is 6.92 Å². The third kappa shape index (κ3) is 3.24. The molecule has 0 N–H and O–H groups in total. The Bertz CT molecular complexity index is 473. The van der Waals surface area contributed by atoms with Crippen molar-refractivity contribution in [3.05, 3.63) is 23.3 Å². The van der Waals surface area contributed by atoms with Crippen molar-refractivity contribution in [3.63, 3.8) is 0 Å². The molecule has 1 rings (SSSR count). The highest BCUT2D eigenvalue weighted by molar-refractivity contribution is 5.97. The van der Waals surface area contributed by atoms with Crippen LogP contribution in [0.5, 0.6) is 11.5 Å².